The lowest BCUT2D eigenvalue weighted by Crippen LogP contribution is -2.19. The molecule has 3 rings (SSSR count). The summed E-state index contributed by atoms with van der Waals surface area (Å²) in [7, 11) is 0. The predicted molar refractivity (Wildman–Crippen MR) is 84.6 cm³/mol. The molecule has 0 radical (unpaired) electrons. The van der Waals surface area contributed by atoms with E-state index in [1.807, 2.05) is 30.3 Å². The largest absolute Gasteiger partial charge is 0.439 e. The van der Waals surface area contributed by atoms with E-state index in [9.17, 15) is 4.79 Å². The Kier molecular flexibility index (Phi) is 4.19. The van der Waals surface area contributed by atoms with E-state index in [4.69, 9.17) is 9.26 Å². The van der Waals surface area contributed by atoms with Gasteiger partial charge in [-0.3, -0.25) is 0 Å². The Bertz CT molecular complexity index is 802. The van der Waals surface area contributed by atoms with Gasteiger partial charge in [0, 0.05) is 18.0 Å². The first-order chi connectivity index (χ1) is 11.2. The number of nitrogens with zero attached hydrogens (tertiary/aromatic N) is 2. The average Bonchev–Trinajstić information content (AvgIpc) is 2.93. The number of rotatable bonds is 4. The number of hydrogen-bond acceptors (Lipinski definition) is 5. The van der Waals surface area contributed by atoms with E-state index in [0.717, 1.165) is 0 Å². The van der Waals surface area contributed by atoms with Crippen LogP contribution in [0.25, 0.3) is 0 Å². The van der Waals surface area contributed by atoms with E-state index in [-0.39, 0.29) is 0 Å². The monoisotopic (exact) mass is 310 g/mol. The highest BCUT2D eigenvalue weighted by molar-refractivity contribution is 5.99. The van der Waals surface area contributed by atoms with Crippen molar-refractivity contribution in [1.29, 1.82) is 0 Å². The van der Waals surface area contributed by atoms with Crippen LogP contribution in [0.5, 0.6) is 11.6 Å². The first-order valence-electron chi connectivity index (χ1n) is 6.89. The highest BCUT2D eigenvalue weighted by Crippen LogP contribution is 2.21. The minimum Gasteiger partial charge on any atom is -0.439 e. The molecule has 1 aromatic carbocycles. The van der Waals surface area contributed by atoms with Gasteiger partial charge in [0.2, 0.25) is 5.88 Å². The molecule has 0 fully saturated rings. The molecule has 2 aromatic heterocycles. The summed E-state index contributed by atoms with van der Waals surface area (Å²) in [6.07, 6.45) is 2.99. The van der Waals surface area contributed by atoms with Crippen LogP contribution in [-0.4, -0.2) is 16.2 Å². The maximum Gasteiger partial charge on any atom is 0.323 e. The van der Waals surface area contributed by atoms with E-state index < -0.39 is 6.03 Å². The number of carbonyl (C=O) groups excluding carboxylic acids is 1. The van der Waals surface area contributed by atoms with E-state index in [0.29, 0.717) is 28.8 Å². The van der Waals surface area contributed by atoms with Crippen molar-refractivity contribution in [3.8, 4) is 11.6 Å². The summed E-state index contributed by atoms with van der Waals surface area (Å²) in [6.45, 7) is 1.71. The maximum absolute atomic E-state index is 11.9. The van der Waals surface area contributed by atoms with E-state index in [2.05, 4.69) is 20.8 Å². The number of benzene rings is 1. The molecular formula is C16H14N4O3. The molecule has 3 aromatic rings. The van der Waals surface area contributed by atoms with E-state index >= 15 is 0 Å². The lowest BCUT2D eigenvalue weighted by atomic mass is 10.3. The Morgan fingerprint density at radius 1 is 1.17 bits per heavy atom. The minimum atomic E-state index is -0.409. The molecule has 23 heavy (non-hydrogen) atoms. The molecule has 0 saturated carbocycles. The first-order valence-corrected chi connectivity index (χ1v) is 6.89. The van der Waals surface area contributed by atoms with Gasteiger partial charge < -0.3 is 19.9 Å². The molecule has 0 aliphatic carbocycles. The average molecular weight is 310 g/mol. The second-order valence-electron chi connectivity index (χ2n) is 4.67. The van der Waals surface area contributed by atoms with Crippen LogP contribution in [0.1, 0.15) is 5.76 Å². The smallest absolute Gasteiger partial charge is 0.323 e. The summed E-state index contributed by atoms with van der Waals surface area (Å²) >= 11 is 0. The lowest BCUT2D eigenvalue weighted by molar-refractivity contribution is 0.262. The van der Waals surface area contributed by atoms with Crippen molar-refractivity contribution in [3.05, 3.63) is 60.6 Å². The van der Waals surface area contributed by atoms with Crippen LogP contribution in [-0.2, 0) is 0 Å². The van der Waals surface area contributed by atoms with Crippen LogP contribution in [0.3, 0.4) is 0 Å². The van der Waals surface area contributed by atoms with Crippen molar-refractivity contribution in [2.45, 2.75) is 6.92 Å². The number of urea groups is 1. The summed E-state index contributed by atoms with van der Waals surface area (Å²) in [5, 5.41) is 8.93. The molecule has 0 aliphatic heterocycles. The first kappa shape index (κ1) is 14.6. The number of pyridine rings is 1. The van der Waals surface area contributed by atoms with Gasteiger partial charge >= 0.3 is 6.03 Å². The van der Waals surface area contributed by atoms with E-state index in [1.165, 1.54) is 6.20 Å². The molecule has 0 spiro atoms. The van der Waals surface area contributed by atoms with Gasteiger partial charge in [-0.05, 0) is 25.1 Å². The van der Waals surface area contributed by atoms with Gasteiger partial charge in [-0.15, -0.1) is 0 Å². The highest BCUT2D eigenvalue weighted by Gasteiger charge is 2.08. The van der Waals surface area contributed by atoms with Crippen molar-refractivity contribution in [3.63, 3.8) is 0 Å². The van der Waals surface area contributed by atoms with Crippen molar-refractivity contribution >= 4 is 17.4 Å². The normalized spacial score (nSPS) is 10.1. The predicted octanol–water partition coefficient (Wildman–Crippen LogP) is 3.81. The fourth-order valence-corrected chi connectivity index (χ4v) is 1.86. The van der Waals surface area contributed by atoms with Gasteiger partial charge in [-0.2, -0.15) is 0 Å². The zero-order valence-corrected chi connectivity index (χ0v) is 12.3. The summed E-state index contributed by atoms with van der Waals surface area (Å²) in [4.78, 5) is 16.1. The molecule has 2 amide bonds. The van der Waals surface area contributed by atoms with Crippen LogP contribution >= 0.6 is 0 Å². The summed E-state index contributed by atoms with van der Waals surface area (Å²) < 4.78 is 10.5. The number of anilines is 2. The quantitative estimate of drug-likeness (QED) is 0.764. The summed E-state index contributed by atoms with van der Waals surface area (Å²) in [6, 6.07) is 12.2. The topological polar surface area (TPSA) is 89.3 Å². The number of carbonyl (C=O) groups is 1. The summed E-state index contributed by atoms with van der Waals surface area (Å²) in [5.41, 5.74) is 1.06. The molecule has 0 atom stereocenters. The molecule has 0 aliphatic rings. The maximum atomic E-state index is 11.9. The number of nitrogens with one attached hydrogen (secondary N) is 2. The molecular weight excluding hydrogens is 296 g/mol. The molecule has 0 unspecified atom stereocenters. The third-order valence-corrected chi connectivity index (χ3v) is 2.96. The molecule has 7 heteroatoms. The number of aryl methyl sites for hydroxylation is 1. The van der Waals surface area contributed by atoms with E-state index in [1.54, 1.807) is 25.3 Å². The zero-order valence-electron chi connectivity index (χ0n) is 12.3. The molecule has 0 saturated heterocycles. The lowest BCUT2D eigenvalue weighted by Gasteiger charge is -2.08. The van der Waals surface area contributed by atoms with Crippen molar-refractivity contribution < 1.29 is 14.1 Å². The Morgan fingerprint density at radius 3 is 2.74 bits per heavy atom. The third kappa shape index (κ3) is 3.85. The van der Waals surface area contributed by atoms with Gasteiger partial charge in [0.25, 0.3) is 0 Å². The molecule has 116 valence electrons. The van der Waals surface area contributed by atoms with Gasteiger partial charge in [0.1, 0.15) is 11.4 Å². The van der Waals surface area contributed by atoms with Gasteiger partial charge in [0.15, 0.2) is 5.76 Å². The fourth-order valence-electron chi connectivity index (χ4n) is 1.86. The highest BCUT2D eigenvalue weighted by atomic mass is 16.5. The van der Waals surface area contributed by atoms with Gasteiger partial charge in [-0.25, -0.2) is 9.78 Å². The number of hydrogen-bond donors (Lipinski definition) is 2. The number of ether oxygens (including phenoxy) is 1. The number of aromatic nitrogens is 2. The van der Waals surface area contributed by atoms with Crippen LogP contribution in [0, 0.1) is 6.92 Å². The van der Waals surface area contributed by atoms with Crippen LogP contribution in [0.15, 0.2) is 59.4 Å². The van der Waals surface area contributed by atoms with Crippen molar-refractivity contribution in [2.75, 3.05) is 10.6 Å². The third-order valence-electron chi connectivity index (χ3n) is 2.96. The minimum absolute atomic E-state index is 0.384. The van der Waals surface area contributed by atoms with Crippen molar-refractivity contribution in [2.24, 2.45) is 0 Å². The second-order valence-corrected chi connectivity index (χ2v) is 4.67. The number of para-hydroxylation sites is 1. The fraction of sp³-hybridized carbons (Fsp3) is 0.0625. The molecule has 7 nitrogen and oxygen atoms in total. The Morgan fingerprint density at radius 2 is 2.00 bits per heavy atom. The Labute approximate surface area is 132 Å². The molecule has 2 N–H and O–H groups in total. The zero-order chi connectivity index (χ0) is 16.1. The number of amides is 2. The Hall–Kier alpha value is -3.35. The van der Waals surface area contributed by atoms with Gasteiger partial charge in [-0.1, -0.05) is 23.4 Å². The van der Waals surface area contributed by atoms with Crippen molar-refractivity contribution in [1.82, 2.24) is 10.1 Å². The van der Waals surface area contributed by atoms with Crippen LogP contribution in [0.2, 0.25) is 0 Å². The summed E-state index contributed by atoms with van der Waals surface area (Å²) in [5.74, 6) is 1.58. The van der Waals surface area contributed by atoms with Crippen LogP contribution < -0.4 is 15.4 Å². The molecule has 0 bridgehead atoms. The standard InChI is InChI=1S/C16H14N4O3/c1-11-14(10-18-23-11)20-16(21)19-12-7-8-17-15(9-12)22-13-5-3-2-4-6-13/h2-10H,1H3,(H2,17,19,20,21). The second kappa shape index (κ2) is 6.61. The SMILES string of the molecule is Cc1oncc1NC(=O)Nc1ccnc(Oc2ccccc2)c1. The van der Waals surface area contributed by atoms with Crippen LogP contribution in [0.4, 0.5) is 16.2 Å². The Balaban J connectivity index is 1.65. The van der Waals surface area contributed by atoms with Gasteiger partial charge in [0.05, 0.1) is 6.20 Å². The molecule has 2 heterocycles.